The lowest BCUT2D eigenvalue weighted by Gasteiger charge is -2.62. The number of ether oxygens (including phenoxy) is 2. The predicted octanol–water partition coefficient (Wildman–Crippen LogP) is 10.2. The van der Waals surface area contributed by atoms with Gasteiger partial charge >= 0.3 is 0 Å². The second-order valence-corrected chi connectivity index (χ2v) is 28.2. The van der Waals surface area contributed by atoms with Gasteiger partial charge in [-0.2, -0.15) is 0 Å². The summed E-state index contributed by atoms with van der Waals surface area (Å²) in [6.07, 6.45) is 4.95. The molecular weight excluding hydrogens is 653 g/mol. The monoisotopic (exact) mass is 716 g/mol. The number of hydrogen-bond acceptors (Lipinski definition) is 5. The Morgan fingerprint density at radius 1 is 0.980 bits per heavy atom. The molecule has 2 heterocycles. The quantitative estimate of drug-likeness (QED) is 0.196. The normalized spacial score (nSPS) is 37.8. The van der Waals surface area contributed by atoms with Gasteiger partial charge in [-0.15, -0.1) is 0 Å². The van der Waals surface area contributed by atoms with E-state index in [1.54, 1.807) is 0 Å². The molecule has 2 saturated heterocycles. The molecule has 0 amide bonds. The van der Waals surface area contributed by atoms with E-state index in [1.165, 1.54) is 11.1 Å². The van der Waals surface area contributed by atoms with Gasteiger partial charge in [-0.3, -0.25) is 0 Å². The van der Waals surface area contributed by atoms with Crippen molar-refractivity contribution in [1.82, 2.24) is 0 Å². The molecule has 2 aliphatic carbocycles. The second-order valence-electron chi connectivity index (χ2n) is 19.0. The molecule has 2 saturated carbocycles. The molecule has 1 spiro atoms. The standard InChI is InChI=1S/C43H64O5Si2/c1-30(2)41(44)25-32(4)43-36(38(41)45-27-34-21-17-14-18-22-34)26-40(47-43,29-46-50(11,12)39(5,6)7)28-42(48-49(8,9)10)35(31(3)23-37(42)43)24-33-19-15-13-16-20-33/h13-22,24,31-32,36-38,44H,1,23,25-29H2,2-12H3/b35-24-/t31-,32+,36-,37+,38+,40-,41+,42-,43+/m0/s1. The van der Waals surface area contributed by atoms with E-state index in [0.29, 0.717) is 25.6 Å². The second kappa shape index (κ2) is 12.9. The van der Waals surface area contributed by atoms with Crippen molar-refractivity contribution in [3.05, 3.63) is 89.5 Å². The van der Waals surface area contributed by atoms with Crippen molar-refractivity contribution in [3.63, 3.8) is 0 Å². The maximum atomic E-state index is 12.7. The van der Waals surface area contributed by atoms with E-state index >= 15 is 0 Å². The van der Waals surface area contributed by atoms with Crippen LogP contribution in [0.3, 0.4) is 0 Å². The lowest BCUT2D eigenvalue weighted by Crippen LogP contribution is -2.71. The first kappa shape index (κ1) is 37.9. The van der Waals surface area contributed by atoms with E-state index in [2.05, 4.69) is 135 Å². The third kappa shape index (κ3) is 6.41. The van der Waals surface area contributed by atoms with E-state index < -0.39 is 45.1 Å². The average Bonchev–Trinajstić information content (AvgIpc) is 3.46. The highest BCUT2D eigenvalue weighted by molar-refractivity contribution is 6.74. The molecule has 0 unspecified atom stereocenters. The van der Waals surface area contributed by atoms with E-state index in [-0.39, 0.29) is 22.8 Å². The number of rotatable bonds is 10. The SMILES string of the molecule is C=C(C)[C@]1(O)C[C@@H](C)[C@@]23O[C@@](CO[Si](C)(C)C(C)(C)C)(C[C@H]2[C@H]1OCc1ccccc1)C[C@]1(O[Si](C)(C)C)/C(=C\c2ccccc2)[C@@H](C)C[C@@H]31. The Morgan fingerprint density at radius 2 is 1.60 bits per heavy atom. The Hall–Kier alpha value is -1.85. The summed E-state index contributed by atoms with van der Waals surface area (Å²) in [4.78, 5) is 0. The molecule has 4 aliphatic rings. The zero-order chi connectivity index (χ0) is 36.5. The number of benzene rings is 2. The van der Waals surface area contributed by atoms with Gasteiger partial charge in [-0.05, 0) is 98.1 Å². The van der Waals surface area contributed by atoms with Gasteiger partial charge in [0.05, 0.1) is 36.1 Å². The molecule has 7 heteroatoms. The molecule has 1 N–H and O–H groups in total. The zero-order valence-electron chi connectivity index (χ0n) is 32.8. The summed E-state index contributed by atoms with van der Waals surface area (Å²) in [7, 11) is -4.25. The van der Waals surface area contributed by atoms with Crippen LogP contribution in [0.25, 0.3) is 6.08 Å². The van der Waals surface area contributed by atoms with Crippen molar-refractivity contribution in [2.45, 2.75) is 140 Å². The summed E-state index contributed by atoms with van der Waals surface area (Å²) < 4.78 is 29.8. The first-order chi connectivity index (χ1) is 23.2. The van der Waals surface area contributed by atoms with Crippen molar-refractivity contribution in [3.8, 4) is 0 Å². The van der Waals surface area contributed by atoms with Crippen LogP contribution in [0.5, 0.6) is 0 Å². The van der Waals surface area contributed by atoms with Crippen LogP contribution in [0.4, 0.5) is 0 Å². The summed E-state index contributed by atoms with van der Waals surface area (Å²) in [5.74, 6) is 0.386. The Kier molecular flexibility index (Phi) is 9.80. The minimum absolute atomic E-state index is 0.0405. The minimum atomic E-state index is -2.14. The number of aliphatic hydroxyl groups is 1. The summed E-state index contributed by atoms with van der Waals surface area (Å²) >= 11 is 0. The van der Waals surface area contributed by atoms with Gasteiger partial charge < -0.3 is 23.4 Å². The first-order valence-electron chi connectivity index (χ1n) is 19.0. The zero-order valence-corrected chi connectivity index (χ0v) is 34.8. The Balaban J connectivity index is 1.55. The van der Waals surface area contributed by atoms with Gasteiger partial charge in [0.1, 0.15) is 5.60 Å². The maximum absolute atomic E-state index is 12.7. The predicted molar refractivity (Wildman–Crippen MR) is 210 cm³/mol. The molecule has 2 bridgehead atoms. The Morgan fingerprint density at radius 3 is 2.18 bits per heavy atom. The largest absolute Gasteiger partial charge is 0.414 e. The molecule has 274 valence electrons. The molecule has 2 aliphatic heterocycles. The van der Waals surface area contributed by atoms with Crippen LogP contribution in [0.15, 0.2) is 78.4 Å². The van der Waals surface area contributed by atoms with Crippen LogP contribution >= 0.6 is 0 Å². The lowest BCUT2D eigenvalue weighted by molar-refractivity contribution is -0.288. The molecule has 0 radical (unpaired) electrons. The van der Waals surface area contributed by atoms with E-state index in [0.717, 1.165) is 30.4 Å². The van der Waals surface area contributed by atoms with Crippen LogP contribution < -0.4 is 0 Å². The van der Waals surface area contributed by atoms with E-state index in [1.807, 2.05) is 13.0 Å². The van der Waals surface area contributed by atoms with Crippen molar-refractivity contribution >= 4 is 22.7 Å². The molecule has 50 heavy (non-hydrogen) atoms. The average molecular weight is 717 g/mol. The summed E-state index contributed by atoms with van der Waals surface area (Å²) in [5.41, 5.74) is 1.61. The van der Waals surface area contributed by atoms with Crippen LogP contribution in [0.2, 0.25) is 37.8 Å². The summed E-state index contributed by atoms with van der Waals surface area (Å²) in [5, 5.41) is 12.8. The topological polar surface area (TPSA) is 57.2 Å². The molecule has 0 aromatic heterocycles. The van der Waals surface area contributed by atoms with Crippen LogP contribution in [-0.2, 0) is 24.9 Å². The van der Waals surface area contributed by atoms with Crippen LogP contribution in [0.1, 0.15) is 78.4 Å². The third-order valence-corrected chi connectivity index (χ3v) is 18.7. The fourth-order valence-corrected chi connectivity index (χ4v) is 12.5. The van der Waals surface area contributed by atoms with Gasteiger partial charge in [0.25, 0.3) is 0 Å². The molecule has 2 aromatic rings. The van der Waals surface area contributed by atoms with E-state index in [9.17, 15) is 5.11 Å². The van der Waals surface area contributed by atoms with Crippen molar-refractivity contribution in [2.24, 2.45) is 23.7 Å². The number of fused-ring (bicyclic) bond motifs is 2. The Bertz CT molecular complexity index is 1580. The minimum Gasteiger partial charge on any atom is -0.414 e. The number of hydrogen-bond donors (Lipinski definition) is 1. The summed E-state index contributed by atoms with van der Waals surface area (Å²) in [6, 6.07) is 21.1. The van der Waals surface area contributed by atoms with Gasteiger partial charge in [0.15, 0.2) is 16.6 Å². The summed E-state index contributed by atoms with van der Waals surface area (Å²) in [6.45, 7) is 30.6. The fourth-order valence-electron chi connectivity index (χ4n) is 10.1. The van der Waals surface area contributed by atoms with Crippen LogP contribution in [0, 0.1) is 23.7 Å². The van der Waals surface area contributed by atoms with Crippen molar-refractivity contribution in [1.29, 1.82) is 0 Å². The molecule has 4 fully saturated rings. The molecular formula is C43H64O5Si2. The first-order valence-corrected chi connectivity index (χ1v) is 25.4. The molecule has 6 rings (SSSR count). The van der Waals surface area contributed by atoms with Gasteiger partial charge in [-0.25, -0.2) is 0 Å². The van der Waals surface area contributed by atoms with Gasteiger partial charge in [0, 0.05) is 18.3 Å². The van der Waals surface area contributed by atoms with Gasteiger partial charge in [-0.1, -0.05) is 108 Å². The van der Waals surface area contributed by atoms with E-state index in [4.69, 9.17) is 18.3 Å². The van der Waals surface area contributed by atoms with Crippen molar-refractivity contribution < 1.29 is 23.4 Å². The van der Waals surface area contributed by atoms with Crippen LogP contribution in [-0.4, -0.2) is 56.9 Å². The smallest absolute Gasteiger partial charge is 0.192 e. The fraction of sp³-hybridized carbons (Fsp3) is 0.628. The highest BCUT2D eigenvalue weighted by Crippen LogP contribution is 2.72. The Labute approximate surface area is 305 Å². The van der Waals surface area contributed by atoms with Gasteiger partial charge in [0.2, 0.25) is 0 Å². The molecule has 2 aromatic carbocycles. The third-order valence-electron chi connectivity index (χ3n) is 13.2. The lowest BCUT2D eigenvalue weighted by atomic mass is 9.54. The highest BCUT2D eigenvalue weighted by atomic mass is 28.4. The highest BCUT2D eigenvalue weighted by Gasteiger charge is 2.78. The van der Waals surface area contributed by atoms with Crippen molar-refractivity contribution in [2.75, 3.05) is 6.61 Å². The maximum Gasteiger partial charge on any atom is 0.192 e. The molecule has 5 nitrogen and oxygen atoms in total. The molecule has 9 atom stereocenters.